The zero-order chi connectivity index (χ0) is 15.4. The summed E-state index contributed by atoms with van der Waals surface area (Å²) < 4.78 is 0. The molecule has 7 nitrogen and oxygen atoms in total. The Bertz CT molecular complexity index is 555. The lowest BCUT2D eigenvalue weighted by Crippen LogP contribution is -2.52. The van der Waals surface area contributed by atoms with Crippen molar-refractivity contribution in [2.45, 2.75) is 25.8 Å². The van der Waals surface area contributed by atoms with Gasteiger partial charge in [0.1, 0.15) is 24.4 Å². The highest BCUT2D eigenvalue weighted by Gasteiger charge is 2.31. The van der Waals surface area contributed by atoms with Gasteiger partial charge in [0.2, 0.25) is 5.91 Å². The van der Waals surface area contributed by atoms with E-state index in [-0.39, 0.29) is 18.4 Å². The number of nitrogens with zero attached hydrogens (tertiary/aromatic N) is 5. The van der Waals surface area contributed by atoms with Gasteiger partial charge in [-0.05, 0) is 12.3 Å². The molecule has 0 aliphatic carbocycles. The van der Waals surface area contributed by atoms with Crippen molar-refractivity contribution in [2.75, 3.05) is 30.8 Å². The molecule has 0 spiro atoms. The van der Waals surface area contributed by atoms with E-state index >= 15 is 0 Å². The van der Waals surface area contributed by atoms with Crippen LogP contribution in [0.2, 0.25) is 0 Å². The van der Waals surface area contributed by atoms with E-state index in [0.717, 1.165) is 12.2 Å². The van der Waals surface area contributed by atoms with Gasteiger partial charge in [-0.15, -0.1) is 0 Å². The third kappa shape index (κ3) is 3.40. The number of amides is 1. The van der Waals surface area contributed by atoms with Crippen LogP contribution in [-0.4, -0.2) is 47.0 Å². The minimum Gasteiger partial charge on any atom is -0.384 e. The van der Waals surface area contributed by atoms with Crippen LogP contribution in [-0.2, 0) is 4.79 Å². The van der Waals surface area contributed by atoms with Crippen molar-refractivity contribution < 1.29 is 4.79 Å². The maximum atomic E-state index is 11.9. The minimum absolute atomic E-state index is 0.0642. The zero-order valence-corrected chi connectivity index (χ0v) is 12.4. The molecule has 2 rings (SSSR count). The second kappa shape index (κ2) is 6.39. The lowest BCUT2D eigenvalue weighted by Gasteiger charge is -2.42. The summed E-state index contributed by atoms with van der Waals surface area (Å²) in [5.41, 5.74) is 5.70. The molecular formula is C14H20N6O. The van der Waals surface area contributed by atoms with Gasteiger partial charge in [-0.25, -0.2) is 9.97 Å². The first-order valence-corrected chi connectivity index (χ1v) is 6.98. The molecule has 2 heterocycles. The van der Waals surface area contributed by atoms with E-state index in [9.17, 15) is 4.79 Å². The Balaban J connectivity index is 2.13. The lowest BCUT2D eigenvalue weighted by molar-refractivity contribution is -0.131. The maximum Gasteiger partial charge on any atom is 0.236 e. The molecule has 1 fully saturated rings. The van der Waals surface area contributed by atoms with E-state index in [1.54, 1.807) is 11.0 Å². The molecule has 1 aromatic rings. The molecule has 1 saturated heterocycles. The van der Waals surface area contributed by atoms with Crippen molar-refractivity contribution in [1.82, 2.24) is 14.9 Å². The van der Waals surface area contributed by atoms with Crippen molar-refractivity contribution in [3.05, 3.63) is 12.4 Å². The van der Waals surface area contributed by atoms with Crippen molar-refractivity contribution in [1.29, 1.82) is 5.26 Å². The van der Waals surface area contributed by atoms with Crippen LogP contribution in [0.25, 0.3) is 0 Å². The van der Waals surface area contributed by atoms with Gasteiger partial charge < -0.3 is 15.5 Å². The quantitative estimate of drug-likeness (QED) is 0.876. The van der Waals surface area contributed by atoms with Gasteiger partial charge >= 0.3 is 0 Å². The number of piperidine rings is 1. The van der Waals surface area contributed by atoms with Gasteiger partial charge in [-0.2, -0.15) is 5.26 Å². The van der Waals surface area contributed by atoms with Gasteiger partial charge in [0.05, 0.1) is 12.1 Å². The Hall–Kier alpha value is -2.36. The lowest BCUT2D eigenvalue weighted by atomic mass is 9.92. The molecule has 1 aliphatic rings. The largest absolute Gasteiger partial charge is 0.384 e. The fourth-order valence-electron chi connectivity index (χ4n) is 2.68. The van der Waals surface area contributed by atoms with Crippen molar-refractivity contribution in [2.24, 2.45) is 5.92 Å². The standard InChI is InChI=1S/C14H20N6O/c1-10-4-6-20(14(21)3-5-15)8-11(10)19(2)13-7-12(16)17-9-18-13/h7,9-11H,3-4,6,8H2,1-2H3,(H2,16,17,18). The van der Waals surface area contributed by atoms with Gasteiger partial charge in [-0.3, -0.25) is 4.79 Å². The Labute approximate surface area is 124 Å². The SMILES string of the molecule is CC1CCN(C(=O)CC#N)CC1N(C)c1cc(N)ncn1. The summed E-state index contributed by atoms with van der Waals surface area (Å²) in [5, 5.41) is 8.66. The first-order chi connectivity index (χ1) is 10.0. The van der Waals surface area contributed by atoms with E-state index in [2.05, 4.69) is 16.9 Å². The molecule has 21 heavy (non-hydrogen) atoms. The van der Waals surface area contributed by atoms with Gasteiger partial charge in [-0.1, -0.05) is 6.92 Å². The second-order valence-electron chi connectivity index (χ2n) is 5.42. The molecule has 2 atom stereocenters. The van der Waals surface area contributed by atoms with Crippen LogP contribution in [0.5, 0.6) is 0 Å². The van der Waals surface area contributed by atoms with Crippen LogP contribution in [0.15, 0.2) is 12.4 Å². The first-order valence-electron chi connectivity index (χ1n) is 6.98. The summed E-state index contributed by atoms with van der Waals surface area (Å²) >= 11 is 0. The maximum absolute atomic E-state index is 11.9. The Kier molecular flexibility index (Phi) is 4.58. The van der Waals surface area contributed by atoms with Crippen molar-refractivity contribution >= 4 is 17.5 Å². The van der Waals surface area contributed by atoms with Crippen molar-refractivity contribution in [3.8, 4) is 6.07 Å². The van der Waals surface area contributed by atoms with Crippen LogP contribution in [0.3, 0.4) is 0 Å². The zero-order valence-electron chi connectivity index (χ0n) is 12.4. The van der Waals surface area contributed by atoms with Crippen LogP contribution < -0.4 is 10.6 Å². The normalized spacial score (nSPS) is 21.7. The Morgan fingerprint density at radius 3 is 3.05 bits per heavy atom. The molecule has 1 aliphatic heterocycles. The van der Waals surface area contributed by atoms with E-state index in [0.29, 0.717) is 24.8 Å². The average molecular weight is 288 g/mol. The predicted molar refractivity (Wildman–Crippen MR) is 79.2 cm³/mol. The fourth-order valence-corrected chi connectivity index (χ4v) is 2.68. The molecule has 7 heteroatoms. The highest BCUT2D eigenvalue weighted by Crippen LogP contribution is 2.25. The first kappa shape index (κ1) is 15.0. The average Bonchev–Trinajstić information content (AvgIpc) is 2.47. The number of likely N-dealkylation sites (tertiary alicyclic amines) is 1. The monoisotopic (exact) mass is 288 g/mol. The van der Waals surface area contributed by atoms with E-state index in [1.807, 2.05) is 18.0 Å². The third-order valence-corrected chi connectivity index (χ3v) is 4.03. The summed E-state index contributed by atoms with van der Waals surface area (Å²) in [6.45, 7) is 3.47. The molecule has 0 saturated carbocycles. The van der Waals surface area contributed by atoms with Crippen LogP contribution >= 0.6 is 0 Å². The number of nitriles is 1. The molecule has 0 aromatic carbocycles. The number of aromatic nitrogens is 2. The summed E-state index contributed by atoms with van der Waals surface area (Å²) in [4.78, 5) is 23.8. The number of hydrogen-bond acceptors (Lipinski definition) is 6. The van der Waals surface area contributed by atoms with Crippen LogP contribution in [0.4, 0.5) is 11.6 Å². The summed E-state index contributed by atoms with van der Waals surface area (Å²) in [6, 6.07) is 3.79. The molecule has 1 aromatic heterocycles. The molecule has 2 unspecified atom stereocenters. The summed E-state index contributed by atoms with van der Waals surface area (Å²) in [5.74, 6) is 1.49. The predicted octanol–water partition coefficient (Wildman–Crippen LogP) is 0.646. The van der Waals surface area contributed by atoms with Crippen LogP contribution in [0.1, 0.15) is 19.8 Å². The van der Waals surface area contributed by atoms with E-state index in [4.69, 9.17) is 11.0 Å². The summed E-state index contributed by atoms with van der Waals surface area (Å²) in [7, 11) is 1.95. The van der Waals surface area contributed by atoms with Gasteiger partial charge in [0.15, 0.2) is 0 Å². The molecular weight excluding hydrogens is 268 g/mol. The number of likely N-dealkylation sites (N-methyl/N-ethyl adjacent to an activating group) is 1. The summed E-state index contributed by atoms with van der Waals surface area (Å²) in [6.07, 6.45) is 2.28. The molecule has 2 N–H and O–H groups in total. The van der Waals surface area contributed by atoms with E-state index < -0.39 is 0 Å². The number of carbonyl (C=O) groups is 1. The molecule has 0 bridgehead atoms. The number of nitrogens with two attached hydrogens (primary N) is 1. The highest BCUT2D eigenvalue weighted by molar-refractivity contribution is 5.78. The van der Waals surface area contributed by atoms with Crippen molar-refractivity contribution in [3.63, 3.8) is 0 Å². The molecule has 0 radical (unpaired) electrons. The number of carbonyl (C=O) groups excluding carboxylic acids is 1. The second-order valence-corrected chi connectivity index (χ2v) is 5.42. The fraction of sp³-hybridized carbons (Fsp3) is 0.571. The Morgan fingerprint density at radius 2 is 2.38 bits per heavy atom. The Morgan fingerprint density at radius 1 is 1.62 bits per heavy atom. The van der Waals surface area contributed by atoms with E-state index in [1.165, 1.54) is 6.33 Å². The van der Waals surface area contributed by atoms with Gasteiger partial charge in [0, 0.05) is 26.2 Å². The number of anilines is 2. The van der Waals surface area contributed by atoms with Crippen LogP contribution in [0, 0.1) is 17.2 Å². The molecule has 1 amide bonds. The highest BCUT2D eigenvalue weighted by atomic mass is 16.2. The smallest absolute Gasteiger partial charge is 0.236 e. The number of nitrogen functional groups attached to an aromatic ring is 1. The molecule has 112 valence electrons. The number of hydrogen-bond donors (Lipinski definition) is 1. The number of rotatable bonds is 3. The topological polar surface area (TPSA) is 99.1 Å². The van der Waals surface area contributed by atoms with Gasteiger partial charge in [0.25, 0.3) is 0 Å². The third-order valence-electron chi connectivity index (χ3n) is 4.03. The minimum atomic E-state index is -0.106.